The molecule has 2 atom stereocenters. The molecule has 1 fully saturated rings. The zero-order valence-electron chi connectivity index (χ0n) is 10.7. The summed E-state index contributed by atoms with van der Waals surface area (Å²) in [6.07, 6.45) is 3.94. The normalized spacial score (nSPS) is 26.1. The standard InChI is InChI=1S/C15H18BrNO/c1-2-8-17-14(18)7-6-10-9-12-11(15(10)17)4-3-5-13(12)16/h3-5,10,15H,2,6-9H2,1H3. The lowest BCUT2D eigenvalue weighted by Gasteiger charge is -2.38. The molecule has 3 heteroatoms. The van der Waals surface area contributed by atoms with Gasteiger partial charge >= 0.3 is 0 Å². The molecule has 2 aliphatic rings. The third-order valence-electron chi connectivity index (χ3n) is 4.24. The molecule has 96 valence electrons. The predicted molar refractivity (Wildman–Crippen MR) is 75.3 cm³/mol. The number of likely N-dealkylation sites (tertiary alicyclic amines) is 1. The number of benzene rings is 1. The molecule has 1 heterocycles. The lowest BCUT2D eigenvalue weighted by atomic mass is 9.89. The average Bonchev–Trinajstić information content (AvgIpc) is 2.73. The van der Waals surface area contributed by atoms with Crippen molar-refractivity contribution in [1.29, 1.82) is 0 Å². The summed E-state index contributed by atoms with van der Waals surface area (Å²) in [5, 5.41) is 0. The van der Waals surface area contributed by atoms with Crippen LogP contribution in [0.1, 0.15) is 43.4 Å². The van der Waals surface area contributed by atoms with Gasteiger partial charge in [-0.25, -0.2) is 0 Å². The highest BCUT2D eigenvalue weighted by atomic mass is 79.9. The predicted octanol–water partition coefficient (Wildman–Crippen LogP) is 3.69. The van der Waals surface area contributed by atoms with E-state index in [-0.39, 0.29) is 0 Å². The highest BCUT2D eigenvalue weighted by molar-refractivity contribution is 9.10. The van der Waals surface area contributed by atoms with Crippen molar-refractivity contribution in [3.8, 4) is 0 Å². The molecule has 1 amide bonds. The second-order valence-corrected chi connectivity index (χ2v) is 6.20. The van der Waals surface area contributed by atoms with Gasteiger partial charge < -0.3 is 4.90 Å². The number of halogens is 1. The van der Waals surface area contributed by atoms with E-state index in [2.05, 4.69) is 46.0 Å². The van der Waals surface area contributed by atoms with Gasteiger partial charge in [0, 0.05) is 17.4 Å². The summed E-state index contributed by atoms with van der Waals surface area (Å²) in [5.74, 6) is 0.967. The van der Waals surface area contributed by atoms with E-state index >= 15 is 0 Å². The molecule has 1 aromatic carbocycles. The Hall–Kier alpha value is -0.830. The van der Waals surface area contributed by atoms with Gasteiger partial charge in [-0.15, -0.1) is 0 Å². The van der Waals surface area contributed by atoms with Crippen LogP contribution in [-0.2, 0) is 11.2 Å². The van der Waals surface area contributed by atoms with Crippen LogP contribution in [0.15, 0.2) is 22.7 Å². The van der Waals surface area contributed by atoms with Crippen molar-refractivity contribution in [3.05, 3.63) is 33.8 Å². The lowest BCUT2D eigenvalue weighted by Crippen LogP contribution is -2.41. The third-order valence-corrected chi connectivity index (χ3v) is 4.98. The Morgan fingerprint density at radius 3 is 3.06 bits per heavy atom. The van der Waals surface area contributed by atoms with Crippen LogP contribution in [0.3, 0.4) is 0 Å². The van der Waals surface area contributed by atoms with Gasteiger partial charge in [0.2, 0.25) is 5.91 Å². The molecule has 3 rings (SSSR count). The number of amides is 1. The Balaban J connectivity index is 2.02. The summed E-state index contributed by atoms with van der Waals surface area (Å²) in [6.45, 7) is 3.04. The Labute approximate surface area is 116 Å². The van der Waals surface area contributed by atoms with E-state index in [0.29, 0.717) is 17.9 Å². The van der Waals surface area contributed by atoms with Gasteiger partial charge in [0.05, 0.1) is 6.04 Å². The van der Waals surface area contributed by atoms with Crippen LogP contribution in [0.2, 0.25) is 0 Å². The minimum absolute atomic E-state index is 0.332. The largest absolute Gasteiger partial charge is 0.335 e. The number of carbonyl (C=O) groups excluding carboxylic acids is 1. The van der Waals surface area contributed by atoms with Crippen LogP contribution in [0.4, 0.5) is 0 Å². The van der Waals surface area contributed by atoms with Gasteiger partial charge in [0.1, 0.15) is 0 Å². The maximum absolute atomic E-state index is 12.1. The van der Waals surface area contributed by atoms with E-state index in [1.807, 2.05) is 0 Å². The molecular weight excluding hydrogens is 290 g/mol. The molecule has 0 spiro atoms. The Morgan fingerprint density at radius 2 is 2.28 bits per heavy atom. The Morgan fingerprint density at radius 1 is 1.44 bits per heavy atom. The SMILES string of the molecule is CCCN1C(=O)CCC2Cc3c(Br)cccc3C21. The second kappa shape index (κ2) is 4.69. The minimum Gasteiger partial charge on any atom is -0.335 e. The maximum Gasteiger partial charge on any atom is 0.223 e. The zero-order chi connectivity index (χ0) is 12.7. The summed E-state index contributed by atoms with van der Waals surface area (Å²) < 4.78 is 1.21. The smallest absolute Gasteiger partial charge is 0.223 e. The summed E-state index contributed by atoms with van der Waals surface area (Å²) in [7, 11) is 0. The van der Waals surface area contributed by atoms with Gasteiger partial charge in [-0.3, -0.25) is 4.79 Å². The van der Waals surface area contributed by atoms with E-state index in [9.17, 15) is 4.79 Å². The number of rotatable bonds is 2. The molecule has 1 aromatic rings. The Kier molecular flexibility index (Phi) is 3.18. The number of piperidine rings is 1. The van der Waals surface area contributed by atoms with E-state index in [0.717, 1.165) is 32.2 Å². The maximum atomic E-state index is 12.1. The van der Waals surface area contributed by atoms with Crippen molar-refractivity contribution >= 4 is 21.8 Å². The molecule has 0 radical (unpaired) electrons. The molecule has 0 N–H and O–H groups in total. The van der Waals surface area contributed by atoms with Gasteiger partial charge in [0.15, 0.2) is 0 Å². The van der Waals surface area contributed by atoms with E-state index in [1.165, 1.54) is 15.6 Å². The molecule has 2 unspecified atom stereocenters. The number of hydrogen-bond donors (Lipinski definition) is 0. The third kappa shape index (κ3) is 1.80. The van der Waals surface area contributed by atoms with E-state index in [4.69, 9.17) is 0 Å². The van der Waals surface area contributed by atoms with E-state index < -0.39 is 0 Å². The first-order valence-electron chi connectivity index (χ1n) is 6.79. The number of carbonyl (C=O) groups is 1. The molecule has 0 aromatic heterocycles. The van der Waals surface area contributed by atoms with E-state index in [1.54, 1.807) is 0 Å². The summed E-state index contributed by atoms with van der Waals surface area (Å²) in [6, 6.07) is 6.74. The summed E-state index contributed by atoms with van der Waals surface area (Å²) in [4.78, 5) is 14.3. The molecular formula is C15H18BrNO. The monoisotopic (exact) mass is 307 g/mol. The number of hydrogen-bond acceptors (Lipinski definition) is 1. The average molecular weight is 308 g/mol. The molecule has 2 nitrogen and oxygen atoms in total. The first-order chi connectivity index (χ1) is 8.72. The molecule has 0 bridgehead atoms. The quantitative estimate of drug-likeness (QED) is 0.816. The lowest BCUT2D eigenvalue weighted by molar-refractivity contribution is -0.138. The van der Waals surface area contributed by atoms with Gasteiger partial charge in [-0.1, -0.05) is 35.0 Å². The summed E-state index contributed by atoms with van der Waals surface area (Å²) >= 11 is 3.65. The van der Waals surface area contributed by atoms with Crippen molar-refractivity contribution in [2.24, 2.45) is 5.92 Å². The fourth-order valence-electron chi connectivity index (χ4n) is 3.49. The molecule has 0 saturated carbocycles. The Bertz CT molecular complexity index is 485. The van der Waals surface area contributed by atoms with Crippen LogP contribution in [0.25, 0.3) is 0 Å². The van der Waals surface area contributed by atoms with Gasteiger partial charge in [-0.2, -0.15) is 0 Å². The van der Waals surface area contributed by atoms with Crippen molar-refractivity contribution in [1.82, 2.24) is 4.90 Å². The highest BCUT2D eigenvalue weighted by Crippen LogP contribution is 2.47. The van der Waals surface area contributed by atoms with Crippen LogP contribution in [-0.4, -0.2) is 17.4 Å². The van der Waals surface area contributed by atoms with Gasteiger partial charge in [0.25, 0.3) is 0 Å². The summed E-state index contributed by atoms with van der Waals surface area (Å²) in [5.41, 5.74) is 2.79. The van der Waals surface area contributed by atoms with Crippen LogP contribution in [0, 0.1) is 5.92 Å². The van der Waals surface area contributed by atoms with Crippen molar-refractivity contribution in [2.45, 2.75) is 38.6 Å². The molecule has 1 saturated heterocycles. The fourth-order valence-corrected chi connectivity index (χ4v) is 4.03. The van der Waals surface area contributed by atoms with Crippen LogP contribution < -0.4 is 0 Å². The number of fused-ring (bicyclic) bond motifs is 3. The topological polar surface area (TPSA) is 20.3 Å². The van der Waals surface area contributed by atoms with Crippen molar-refractivity contribution in [2.75, 3.05) is 6.54 Å². The van der Waals surface area contributed by atoms with Crippen molar-refractivity contribution in [3.63, 3.8) is 0 Å². The molecule has 1 aliphatic heterocycles. The van der Waals surface area contributed by atoms with Gasteiger partial charge in [-0.05, 0) is 42.4 Å². The first-order valence-corrected chi connectivity index (χ1v) is 7.58. The first kappa shape index (κ1) is 12.2. The van der Waals surface area contributed by atoms with Crippen LogP contribution >= 0.6 is 15.9 Å². The second-order valence-electron chi connectivity index (χ2n) is 5.34. The number of nitrogens with zero attached hydrogens (tertiary/aromatic N) is 1. The van der Waals surface area contributed by atoms with Crippen LogP contribution in [0.5, 0.6) is 0 Å². The fraction of sp³-hybridized carbons (Fsp3) is 0.533. The molecule has 18 heavy (non-hydrogen) atoms. The minimum atomic E-state index is 0.332. The molecule has 1 aliphatic carbocycles. The zero-order valence-corrected chi connectivity index (χ0v) is 12.2. The van der Waals surface area contributed by atoms with Crippen molar-refractivity contribution < 1.29 is 4.79 Å². The highest BCUT2D eigenvalue weighted by Gasteiger charge is 2.42.